The minimum atomic E-state index is -1.06. The number of nitrogens with one attached hydrogen (secondary N) is 2. The highest BCUT2D eigenvalue weighted by Crippen LogP contribution is 2.14. The Labute approximate surface area is 178 Å². The molecule has 8 nitrogen and oxygen atoms in total. The average molecular weight is 421 g/mol. The summed E-state index contributed by atoms with van der Waals surface area (Å²) in [6.45, 7) is 5.72. The summed E-state index contributed by atoms with van der Waals surface area (Å²) in [5, 5.41) is 15.9. The van der Waals surface area contributed by atoms with Crippen LogP contribution in [0.5, 0.6) is 0 Å². The number of aliphatic hydroxyl groups is 1. The molecule has 0 spiro atoms. The van der Waals surface area contributed by atoms with Crippen LogP contribution in [0.4, 0.5) is 0 Å². The minimum absolute atomic E-state index is 0.0709. The van der Waals surface area contributed by atoms with Crippen LogP contribution in [0.2, 0.25) is 0 Å². The fraction of sp³-hybridized carbons (Fsp3) is 0.591. The zero-order chi connectivity index (χ0) is 22.7. The molecule has 0 unspecified atom stereocenters. The fourth-order valence-electron chi connectivity index (χ4n) is 3.14. The van der Waals surface area contributed by atoms with Crippen molar-refractivity contribution in [2.75, 3.05) is 13.1 Å². The zero-order valence-corrected chi connectivity index (χ0v) is 18.1. The first-order chi connectivity index (χ1) is 14.2. The van der Waals surface area contributed by atoms with Gasteiger partial charge < -0.3 is 27.2 Å². The number of carbonyl (C=O) groups is 3. The Balaban J connectivity index is 2.78. The summed E-state index contributed by atoms with van der Waals surface area (Å²) in [6.07, 6.45) is -0.944. The van der Waals surface area contributed by atoms with E-state index in [4.69, 9.17) is 11.5 Å². The van der Waals surface area contributed by atoms with Crippen LogP contribution < -0.4 is 22.1 Å². The lowest BCUT2D eigenvalue weighted by molar-refractivity contribution is -0.136. The number of Topliss-reactive ketones (excluding diaryl/α,β-unsaturated/α-hetero) is 2. The van der Waals surface area contributed by atoms with Crippen LogP contribution in [-0.2, 0) is 20.9 Å². The number of aliphatic hydroxyl groups excluding tert-OH is 1. The second-order valence-corrected chi connectivity index (χ2v) is 7.87. The minimum Gasteiger partial charge on any atom is -0.393 e. The molecule has 4 atom stereocenters. The monoisotopic (exact) mass is 420 g/mol. The third kappa shape index (κ3) is 8.31. The Bertz CT molecular complexity index is 679. The highest BCUT2D eigenvalue weighted by atomic mass is 16.3. The summed E-state index contributed by atoms with van der Waals surface area (Å²) in [6, 6.07) is 8.20. The summed E-state index contributed by atoms with van der Waals surface area (Å²) < 4.78 is 0. The average Bonchev–Trinajstić information content (AvgIpc) is 2.71. The highest BCUT2D eigenvalue weighted by Gasteiger charge is 2.32. The van der Waals surface area contributed by atoms with E-state index in [0.717, 1.165) is 5.56 Å². The van der Waals surface area contributed by atoms with Crippen LogP contribution in [0.3, 0.4) is 0 Å². The van der Waals surface area contributed by atoms with E-state index in [1.54, 1.807) is 13.8 Å². The van der Waals surface area contributed by atoms with E-state index >= 15 is 0 Å². The molecule has 0 fully saturated rings. The van der Waals surface area contributed by atoms with E-state index in [2.05, 4.69) is 10.6 Å². The third-order valence-corrected chi connectivity index (χ3v) is 5.04. The van der Waals surface area contributed by atoms with E-state index in [9.17, 15) is 19.5 Å². The van der Waals surface area contributed by atoms with Gasteiger partial charge in [-0.3, -0.25) is 14.4 Å². The van der Waals surface area contributed by atoms with Crippen LogP contribution in [-0.4, -0.2) is 53.9 Å². The lowest BCUT2D eigenvalue weighted by Gasteiger charge is -2.25. The predicted octanol–water partition coefficient (Wildman–Crippen LogP) is 0.118. The Hall–Kier alpha value is -2.13. The van der Waals surface area contributed by atoms with Crippen molar-refractivity contribution in [3.63, 3.8) is 0 Å². The van der Waals surface area contributed by atoms with Gasteiger partial charge in [-0.25, -0.2) is 0 Å². The fourth-order valence-corrected chi connectivity index (χ4v) is 3.14. The van der Waals surface area contributed by atoms with Crippen LogP contribution in [0.15, 0.2) is 30.3 Å². The SMILES string of the molecule is CC(C)C(=O)[C@H](CCN)NC(=O)[C@@H](CC(=O)[C@H](CN)NCc1ccccc1)[C@H](C)O. The maximum atomic E-state index is 12.8. The van der Waals surface area contributed by atoms with Gasteiger partial charge in [0.2, 0.25) is 5.91 Å². The van der Waals surface area contributed by atoms with E-state index in [0.29, 0.717) is 13.0 Å². The molecule has 7 N–H and O–H groups in total. The number of rotatable bonds is 14. The maximum absolute atomic E-state index is 12.8. The molecule has 1 rings (SSSR count). The van der Waals surface area contributed by atoms with E-state index < -0.39 is 30.0 Å². The molecule has 0 bridgehead atoms. The second-order valence-electron chi connectivity index (χ2n) is 7.87. The first kappa shape index (κ1) is 25.9. The van der Waals surface area contributed by atoms with Crippen molar-refractivity contribution in [2.24, 2.45) is 23.3 Å². The molecular formula is C22H36N4O4. The molecule has 0 aliphatic rings. The molecule has 168 valence electrons. The summed E-state index contributed by atoms with van der Waals surface area (Å²) in [5.74, 6) is -2.18. The molecule has 0 radical (unpaired) electrons. The Morgan fingerprint density at radius 2 is 1.67 bits per heavy atom. The van der Waals surface area contributed by atoms with Crippen LogP contribution in [0, 0.1) is 11.8 Å². The number of hydrogen-bond donors (Lipinski definition) is 5. The van der Waals surface area contributed by atoms with Crippen molar-refractivity contribution in [2.45, 2.75) is 58.3 Å². The maximum Gasteiger partial charge on any atom is 0.226 e. The first-order valence-corrected chi connectivity index (χ1v) is 10.4. The van der Waals surface area contributed by atoms with Gasteiger partial charge in [0.1, 0.15) is 0 Å². The molecule has 8 heteroatoms. The summed E-state index contributed by atoms with van der Waals surface area (Å²) in [7, 11) is 0. The molecule has 1 amide bonds. The lowest BCUT2D eigenvalue weighted by Crippen LogP contribution is -2.50. The molecule has 0 aliphatic heterocycles. The van der Waals surface area contributed by atoms with Crippen molar-refractivity contribution in [3.05, 3.63) is 35.9 Å². The molecule has 1 aromatic carbocycles. The topological polar surface area (TPSA) is 148 Å². The summed E-state index contributed by atoms with van der Waals surface area (Å²) >= 11 is 0. The van der Waals surface area contributed by atoms with Gasteiger partial charge in [-0.1, -0.05) is 44.2 Å². The van der Waals surface area contributed by atoms with Gasteiger partial charge >= 0.3 is 0 Å². The van der Waals surface area contributed by atoms with Crippen molar-refractivity contribution < 1.29 is 19.5 Å². The van der Waals surface area contributed by atoms with Gasteiger partial charge in [-0.15, -0.1) is 0 Å². The quantitative estimate of drug-likeness (QED) is 0.287. The molecule has 0 aromatic heterocycles. The van der Waals surface area contributed by atoms with Gasteiger partial charge in [0, 0.05) is 25.4 Å². The van der Waals surface area contributed by atoms with Crippen LogP contribution in [0.25, 0.3) is 0 Å². The zero-order valence-electron chi connectivity index (χ0n) is 18.1. The van der Waals surface area contributed by atoms with Gasteiger partial charge in [0.15, 0.2) is 11.6 Å². The molecule has 30 heavy (non-hydrogen) atoms. The second kappa shape index (κ2) is 13.2. The molecule has 1 aromatic rings. The number of amides is 1. The number of nitrogens with two attached hydrogens (primary N) is 2. The largest absolute Gasteiger partial charge is 0.393 e. The third-order valence-electron chi connectivity index (χ3n) is 5.04. The van der Waals surface area contributed by atoms with Crippen LogP contribution >= 0.6 is 0 Å². The molecule has 0 heterocycles. The predicted molar refractivity (Wildman–Crippen MR) is 116 cm³/mol. The smallest absolute Gasteiger partial charge is 0.226 e. The van der Waals surface area contributed by atoms with Gasteiger partial charge in [-0.2, -0.15) is 0 Å². The number of carbonyl (C=O) groups excluding carboxylic acids is 3. The molecule has 0 aliphatic carbocycles. The Morgan fingerprint density at radius 1 is 1.03 bits per heavy atom. The number of ketones is 2. The Kier molecular flexibility index (Phi) is 11.4. The van der Waals surface area contributed by atoms with Gasteiger partial charge in [0.25, 0.3) is 0 Å². The first-order valence-electron chi connectivity index (χ1n) is 10.4. The van der Waals surface area contributed by atoms with Crippen LogP contribution in [0.1, 0.15) is 39.2 Å². The van der Waals surface area contributed by atoms with E-state index in [1.165, 1.54) is 6.92 Å². The highest BCUT2D eigenvalue weighted by molar-refractivity contribution is 5.93. The number of benzene rings is 1. The lowest BCUT2D eigenvalue weighted by atomic mass is 9.91. The van der Waals surface area contributed by atoms with Crippen molar-refractivity contribution in [1.82, 2.24) is 10.6 Å². The van der Waals surface area contributed by atoms with E-state index in [1.807, 2.05) is 30.3 Å². The summed E-state index contributed by atoms with van der Waals surface area (Å²) in [4.78, 5) is 37.8. The molecule has 0 saturated heterocycles. The van der Waals surface area contributed by atoms with Crippen molar-refractivity contribution in [1.29, 1.82) is 0 Å². The van der Waals surface area contributed by atoms with Crippen molar-refractivity contribution >= 4 is 17.5 Å². The molecule has 0 saturated carbocycles. The summed E-state index contributed by atoms with van der Waals surface area (Å²) in [5.41, 5.74) is 12.3. The Morgan fingerprint density at radius 3 is 2.17 bits per heavy atom. The van der Waals surface area contributed by atoms with Gasteiger partial charge in [0.05, 0.1) is 24.1 Å². The standard InChI is InChI=1S/C22H36N4O4/c1-14(2)21(29)18(9-10-23)26-22(30)17(15(3)27)11-20(28)19(12-24)25-13-16-7-5-4-6-8-16/h4-8,14-15,17-19,25,27H,9-13,23-24H2,1-3H3,(H,26,30)/t15-,17-,18-,19-/m0/s1. The molecular weight excluding hydrogens is 384 g/mol. The van der Waals surface area contributed by atoms with Gasteiger partial charge in [-0.05, 0) is 25.5 Å². The van der Waals surface area contributed by atoms with E-state index in [-0.39, 0.29) is 37.0 Å². The normalized spacial score (nSPS) is 15.3. The number of hydrogen-bond acceptors (Lipinski definition) is 7. The van der Waals surface area contributed by atoms with Crippen molar-refractivity contribution in [3.8, 4) is 0 Å².